The van der Waals surface area contributed by atoms with Crippen molar-refractivity contribution in [3.05, 3.63) is 11.6 Å². The minimum atomic E-state index is -1.04. The molecule has 0 aromatic rings. The van der Waals surface area contributed by atoms with Crippen LogP contribution in [0.2, 0.25) is 0 Å². The Kier molecular flexibility index (Phi) is 4.41. The highest BCUT2D eigenvalue weighted by molar-refractivity contribution is 5.87. The van der Waals surface area contributed by atoms with Gasteiger partial charge in [0.2, 0.25) is 0 Å². The van der Waals surface area contributed by atoms with Gasteiger partial charge in [-0.25, -0.2) is 0 Å². The van der Waals surface area contributed by atoms with E-state index in [2.05, 4.69) is 31.9 Å². The lowest BCUT2D eigenvalue weighted by molar-refractivity contribution is -0.144. The third kappa shape index (κ3) is 2.70. The van der Waals surface area contributed by atoms with E-state index in [1.807, 2.05) is 11.9 Å². The van der Waals surface area contributed by atoms with E-state index in [0.717, 1.165) is 42.6 Å². The lowest BCUT2D eigenvalue weighted by Crippen LogP contribution is -2.53. The summed E-state index contributed by atoms with van der Waals surface area (Å²) in [5.41, 5.74) is 1.52. The van der Waals surface area contributed by atoms with Crippen LogP contribution in [-0.2, 0) is 4.79 Å². The van der Waals surface area contributed by atoms with Crippen molar-refractivity contribution in [1.82, 2.24) is 9.80 Å². The van der Waals surface area contributed by atoms with Crippen LogP contribution < -0.4 is 0 Å². The van der Waals surface area contributed by atoms with Crippen molar-refractivity contribution in [2.45, 2.75) is 95.7 Å². The van der Waals surface area contributed by atoms with Gasteiger partial charge in [-0.15, -0.1) is 0 Å². The number of likely N-dealkylation sites (tertiary alicyclic amines) is 1. The average Bonchev–Trinajstić information content (AvgIpc) is 3.32. The number of carbonyl (C=O) groups excluding carboxylic acids is 1. The molecule has 4 nitrogen and oxygen atoms in total. The molecule has 6 aliphatic rings. The molecule has 0 radical (unpaired) electrons. The van der Waals surface area contributed by atoms with Crippen LogP contribution in [0.5, 0.6) is 0 Å². The molecule has 0 aromatic heterocycles. The fraction of sp³-hybridized carbons (Fsp3) is 0.889. The van der Waals surface area contributed by atoms with Gasteiger partial charge < -0.3 is 14.9 Å². The van der Waals surface area contributed by atoms with Gasteiger partial charge in [-0.3, -0.25) is 4.79 Å². The maximum Gasteiger partial charge on any atom is 0.254 e. The summed E-state index contributed by atoms with van der Waals surface area (Å²) < 4.78 is 0. The predicted octanol–water partition coefficient (Wildman–Crippen LogP) is 4.23. The summed E-state index contributed by atoms with van der Waals surface area (Å²) in [6.45, 7) is 6.37. The molecule has 5 fully saturated rings. The van der Waals surface area contributed by atoms with E-state index in [9.17, 15) is 9.90 Å². The van der Waals surface area contributed by atoms with Gasteiger partial charge in [0.1, 0.15) is 5.60 Å². The second-order valence-electron chi connectivity index (χ2n) is 12.7. The number of rotatable bonds is 2. The second-order valence-corrected chi connectivity index (χ2v) is 12.7. The summed E-state index contributed by atoms with van der Waals surface area (Å²) in [5, 5.41) is 10.3. The first-order chi connectivity index (χ1) is 14.7. The maximum absolute atomic E-state index is 12.7. The van der Waals surface area contributed by atoms with Crippen LogP contribution in [0.1, 0.15) is 78.1 Å². The van der Waals surface area contributed by atoms with Crippen molar-refractivity contribution in [3.63, 3.8) is 0 Å². The standard InChI is InChI=1S/C27H42N2O2/c1-17-21-7-8-23-20-6-5-18-15-19(29(4)24(30)27(31)13-14-27)9-11-25(18,2)22(20)10-12-26(21,23)16-28(17)3/h5,17,19-23,31H,6-16H2,1-4H3. The fourth-order valence-corrected chi connectivity index (χ4v) is 9.60. The molecular formula is C27H42N2O2. The molecule has 6 rings (SSSR count). The van der Waals surface area contributed by atoms with Crippen molar-refractivity contribution >= 4 is 5.91 Å². The van der Waals surface area contributed by atoms with Crippen molar-refractivity contribution in [2.75, 3.05) is 20.6 Å². The van der Waals surface area contributed by atoms with Crippen LogP contribution in [0.4, 0.5) is 0 Å². The van der Waals surface area contributed by atoms with E-state index in [4.69, 9.17) is 0 Å². The summed E-state index contributed by atoms with van der Waals surface area (Å²) >= 11 is 0. The Morgan fingerprint density at radius 2 is 1.84 bits per heavy atom. The Bertz CT molecular complexity index is 818. The molecule has 1 amide bonds. The summed E-state index contributed by atoms with van der Waals surface area (Å²) in [6.07, 6.45) is 14.3. The van der Waals surface area contributed by atoms with E-state index >= 15 is 0 Å². The van der Waals surface area contributed by atoms with E-state index < -0.39 is 5.60 Å². The molecule has 1 heterocycles. The summed E-state index contributed by atoms with van der Waals surface area (Å²) in [6, 6.07) is 1.03. The van der Waals surface area contributed by atoms with Crippen molar-refractivity contribution in [2.24, 2.45) is 34.5 Å². The maximum atomic E-state index is 12.7. The first-order valence-electron chi connectivity index (χ1n) is 13.1. The van der Waals surface area contributed by atoms with Crippen LogP contribution in [0.25, 0.3) is 0 Å². The van der Waals surface area contributed by atoms with Gasteiger partial charge in [-0.2, -0.15) is 0 Å². The summed E-state index contributed by atoms with van der Waals surface area (Å²) in [5.74, 6) is 3.51. The van der Waals surface area contributed by atoms with E-state index in [0.29, 0.717) is 23.7 Å². The Morgan fingerprint density at radius 3 is 2.58 bits per heavy atom. The van der Waals surface area contributed by atoms with Gasteiger partial charge in [0, 0.05) is 25.7 Å². The van der Waals surface area contributed by atoms with Crippen LogP contribution in [0, 0.1) is 34.5 Å². The number of aliphatic hydroxyl groups is 1. The van der Waals surface area contributed by atoms with E-state index in [-0.39, 0.29) is 11.9 Å². The minimum absolute atomic E-state index is 0.0357. The van der Waals surface area contributed by atoms with E-state index in [1.54, 1.807) is 5.57 Å². The Hall–Kier alpha value is -0.870. The topological polar surface area (TPSA) is 43.8 Å². The fourth-order valence-electron chi connectivity index (χ4n) is 9.60. The minimum Gasteiger partial charge on any atom is -0.380 e. The number of hydrogen-bond donors (Lipinski definition) is 1. The first kappa shape index (κ1) is 20.7. The molecule has 172 valence electrons. The predicted molar refractivity (Wildman–Crippen MR) is 122 cm³/mol. The van der Waals surface area contributed by atoms with E-state index in [1.165, 1.54) is 45.1 Å². The molecule has 4 saturated carbocycles. The van der Waals surface area contributed by atoms with Gasteiger partial charge >= 0.3 is 0 Å². The molecule has 0 aromatic carbocycles. The Labute approximate surface area is 188 Å². The highest BCUT2D eigenvalue weighted by atomic mass is 16.3. The molecule has 1 N–H and O–H groups in total. The molecule has 5 aliphatic carbocycles. The van der Waals surface area contributed by atoms with Crippen molar-refractivity contribution in [3.8, 4) is 0 Å². The lowest BCUT2D eigenvalue weighted by Gasteiger charge is -2.58. The number of fused-ring (bicyclic) bond motifs is 4. The zero-order valence-electron chi connectivity index (χ0n) is 20.1. The molecule has 8 unspecified atom stereocenters. The molecule has 4 heteroatoms. The number of likely N-dealkylation sites (N-methyl/N-ethyl adjacent to an activating group) is 1. The smallest absolute Gasteiger partial charge is 0.254 e. The normalized spacial score (nSPS) is 50.0. The highest BCUT2D eigenvalue weighted by Crippen LogP contribution is 2.68. The number of carbonyl (C=O) groups is 1. The van der Waals surface area contributed by atoms with Crippen LogP contribution >= 0.6 is 0 Å². The third-order valence-electron chi connectivity index (χ3n) is 11.7. The van der Waals surface area contributed by atoms with Crippen molar-refractivity contribution in [1.29, 1.82) is 0 Å². The van der Waals surface area contributed by atoms with Crippen molar-refractivity contribution < 1.29 is 9.90 Å². The zero-order valence-corrected chi connectivity index (χ0v) is 20.1. The summed E-state index contributed by atoms with van der Waals surface area (Å²) in [4.78, 5) is 17.3. The first-order valence-corrected chi connectivity index (χ1v) is 13.1. The monoisotopic (exact) mass is 426 g/mol. The SMILES string of the molecule is CC1C2CCC3C4CC=C5CC(N(C)C(=O)C6(O)CC6)CCC5(C)C4CCC32CN1C. The van der Waals surface area contributed by atoms with Gasteiger partial charge in [0.15, 0.2) is 0 Å². The van der Waals surface area contributed by atoms with Gasteiger partial charge in [0.05, 0.1) is 0 Å². The average molecular weight is 427 g/mol. The van der Waals surface area contributed by atoms with Gasteiger partial charge in [-0.05, 0) is 113 Å². The molecule has 1 saturated heterocycles. The van der Waals surface area contributed by atoms with Crippen LogP contribution in [0.3, 0.4) is 0 Å². The lowest BCUT2D eigenvalue weighted by atomic mass is 9.47. The zero-order chi connectivity index (χ0) is 21.8. The van der Waals surface area contributed by atoms with Crippen LogP contribution in [0.15, 0.2) is 11.6 Å². The van der Waals surface area contributed by atoms with Crippen LogP contribution in [-0.4, -0.2) is 59.1 Å². The number of hydrogen-bond acceptors (Lipinski definition) is 3. The molecule has 1 spiro atoms. The number of allylic oxidation sites excluding steroid dienone is 1. The largest absolute Gasteiger partial charge is 0.380 e. The molecule has 31 heavy (non-hydrogen) atoms. The molecule has 8 atom stereocenters. The molecule has 1 aliphatic heterocycles. The quantitative estimate of drug-likeness (QED) is 0.672. The summed E-state index contributed by atoms with van der Waals surface area (Å²) in [7, 11) is 4.29. The highest BCUT2D eigenvalue weighted by Gasteiger charge is 2.64. The Balaban J connectivity index is 1.23. The second kappa shape index (κ2) is 6.59. The van der Waals surface area contributed by atoms with Gasteiger partial charge in [0.25, 0.3) is 5.91 Å². The number of nitrogens with zero attached hydrogens (tertiary/aromatic N) is 2. The number of amides is 1. The Morgan fingerprint density at radius 1 is 1.10 bits per heavy atom. The molecule has 0 bridgehead atoms. The molecular weight excluding hydrogens is 384 g/mol. The third-order valence-corrected chi connectivity index (χ3v) is 11.7. The van der Waals surface area contributed by atoms with Gasteiger partial charge in [-0.1, -0.05) is 18.6 Å².